The number of sulfonamides is 1. The van der Waals surface area contributed by atoms with Crippen molar-refractivity contribution in [1.82, 2.24) is 4.31 Å². The molecule has 0 atom stereocenters. The van der Waals surface area contributed by atoms with E-state index in [4.69, 9.17) is 0 Å². The van der Waals surface area contributed by atoms with E-state index in [0.29, 0.717) is 38.2 Å². The fraction of sp³-hybridized carbons (Fsp3) is 0.381. The lowest BCUT2D eigenvalue weighted by atomic mass is 10.0. The zero-order valence-electron chi connectivity index (χ0n) is 16.6. The lowest BCUT2D eigenvalue weighted by Crippen LogP contribution is -2.35. The number of carbonyl (C=O) groups is 1. The molecule has 4 rings (SSSR count). The van der Waals surface area contributed by atoms with Crippen LogP contribution in [0.1, 0.15) is 35.2 Å². The number of ether oxygens (including phenoxy) is 1. The van der Waals surface area contributed by atoms with Gasteiger partial charge >= 0.3 is 6.36 Å². The molecule has 2 aliphatic heterocycles. The zero-order valence-corrected chi connectivity index (χ0v) is 17.4. The van der Waals surface area contributed by atoms with Gasteiger partial charge in [-0.15, -0.1) is 13.2 Å². The van der Waals surface area contributed by atoms with Gasteiger partial charge in [-0.05, 0) is 73.7 Å². The zero-order chi connectivity index (χ0) is 22.2. The molecule has 0 unspecified atom stereocenters. The minimum Gasteiger partial charge on any atom is -0.406 e. The molecule has 1 saturated heterocycles. The summed E-state index contributed by atoms with van der Waals surface area (Å²) < 4.78 is 68.0. The fourth-order valence-electron chi connectivity index (χ4n) is 3.98. The van der Waals surface area contributed by atoms with E-state index in [0.717, 1.165) is 30.5 Å². The van der Waals surface area contributed by atoms with Crippen molar-refractivity contribution in [3.63, 3.8) is 0 Å². The number of hydrogen-bond acceptors (Lipinski definition) is 4. The highest BCUT2D eigenvalue weighted by Gasteiger charge is 2.32. The smallest absolute Gasteiger partial charge is 0.406 e. The Morgan fingerprint density at radius 3 is 2.26 bits per heavy atom. The minimum atomic E-state index is -4.80. The summed E-state index contributed by atoms with van der Waals surface area (Å²) in [7, 11) is -3.56. The number of anilines is 1. The van der Waals surface area contributed by atoms with Crippen LogP contribution in [0.25, 0.3) is 0 Å². The second-order valence-corrected chi connectivity index (χ2v) is 9.47. The number of nitrogens with zero attached hydrogens (tertiary/aromatic N) is 2. The Kier molecular flexibility index (Phi) is 5.69. The predicted octanol–water partition coefficient (Wildman–Crippen LogP) is 3.96. The average Bonchev–Trinajstić information content (AvgIpc) is 3.27. The summed E-state index contributed by atoms with van der Waals surface area (Å²) in [5, 5.41) is 0. The molecular formula is C21H21F3N2O4S. The van der Waals surface area contributed by atoms with Gasteiger partial charge in [-0.25, -0.2) is 8.42 Å². The lowest BCUT2D eigenvalue weighted by Gasteiger charge is -2.30. The van der Waals surface area contributed by atoms with E-state index in [-0.39, 0.29) is 16.4 Å². The molecule has 2 aromatic carbocycles. The standard InChI is InChI=1S/C21H21F3N2O4S/c22-21(23,24)30-17-7-5-15(6-8-17)20(27)26-13-3-4-16-14-18(9-10-19(16)26)31(28,29)25-11-1-2-12-25/h5-10,14H,1-4,11-13H2. The van der Waals surface area contributed by atoms with E-state index in [2.05, 4.69) is 4.74 Å². The van der Waals surface area contributed by atoms with Crippen LogP contribution in [-0.4, -0.2) is 44.6 Å². The third-order valence-corrected chi connectivity index (χ3v) is 7.35. The molecule has 0 bridgehead atoms. The molecule has 0 aliphatic carbocycles. The number of fused-ring (bicyclic) bond motifs is 1. The largest absolute Gasteiger partial charge is 0.573 e. The SMILES string of the molecule is O=C(c1ccc(OC(F)(F)F)cc1)N1CCCc2cc(S(=O)(=O)N3CCCC3)ccc21. The lowest BCUT2D eigenvalue weighted by molar-refractivity contribution is -0.274. The summed E-state index contributed by atoms with van der Waals surface area (Å²) in [5.41, 5.74) is 1.60. The van der Waals surface area contributed by atoms with Crippen molar-refractivity contribution >= 4 is 21.6 Å². The summed E-state index contributed by atoms with van der Waals surface area (Å²) in [6.45, 7) is 1.46. The Balaban J connectivity index is 1.57. The Morgan fingerprint density at radius 2 is 1.61 bits per heavy atom. The van der Waals surface area contributed by atoms with Gasteiger partial charge < -0.3 is 9.64 Å². The van der Waals surface area contributed by atoms with E-state index in [1.807, 2.05) is 0 Å². The van der Waals surface area contributed by atoms with E-state index in [1.54, 1.807) is 12.1 Å². The molecule has 1 fully saturated rings. The van der Waals surface area contributed by atoms with Crippen LogP contribution in [0, 0.1) is 0 Å². The van der Waals surface area contributed by atoms with Crippen LogP contribution in [0.2, 0.25) is 0 Å². The summed E-state index contributed by atoms with van der Waals surface area (Å²) in [6, 6.07) is 9.53. The van der Waals surface area contributed by atoms with Crippen LogP contribution in [0.4, 0.5) is 18.9 Å². The number of aryl methyl sites for hydroxylation is 1. The molecule has 1 amide bonds. The Hall–Kier alpha value is -2.59. The summed E-state index contributed by atoms with van der Waals surface area (Å²) in [6.07, 6.45) is -1.81. The molecule has 2 aliphatic rings. The monoisotopic (exact) mass is 454 g/mol. The first-order chi connectivity index (χ1) is 14.6. The van der Waals surface area contributed by atoms with Crippen LogP contribution in [0.3, 0.4) is 0 Å². The van der Waals surface area contributed by atoms with E-state index >= 15 is 0 Å². The maximum Gasteiger partial charge on any atom is 0.573 e. The van der Waals surface area contributed by atoms with Crippen LogP contribution in [-0.2, 0) is 16.4 Å². The molecule has 0 aromatic heterocycles. The first-order valence-electron chi connectivity index (χ1n) is 9.96. The minimum absolute atomic E-state index is 0.219. The molecule has 166 valence electrons. The third-order valence-electron chi connectivity index (χ3n) is 5.45. The van der Waals surface area contributed by atoms with E-state index in [9.17, 15) is 26.4 Å². The van der Waals surface area contributed by atoms with Gasteiger partial charge in [0.2, 0.25) is 10.0 Å². The van der Waals surface area contributed by atoms with Crippen LogP contribution in [0.15, 0.2) is 47.4 Å². The van der Waals surface area contributed by atoms with Gasteiger partial charge in [-0.3, -0.25) is 4.79 Å². The van der Waals surface area contributed by atoms with Gasteiger partial charge in [-0.1, -0.05) is 0 Å². The number of carbonyl (C=O) groups excluding carboxylic acids is 1. The van der Waals surface area contributed by atoms with Crippen LogP contribution < -0.4 is 9.64 Å². The third kappa shape index (κ3) is 4.54. The predicted molar refractivity (Wildman–Crippen MR) is 108 cm³/mol. The molecule has 2 aromatic rings. The summed E-state index contributed by atoms with van der Waals surface area (Å²) >= 11 is 0. The molecule has 0 radical (unpaired) electrons. The second kappa shape index (κ2) is 8.16. The van der Waals surface area contributed by atoms with Crippen molar-refractivity contribution in [3.8, 4) is 5.75 Å². The molecule has 0 spiro atoms. The van der Waals surface area contributed by atoms with Gasteiger partial charge in [0, 0.05) is 30.9 Å². The normalized spacial score (nSPS) is 17.5. The van der Waals surface area contributed by atoms with Gasteiger partial charge in [0.1, 0.15) is 5.75 Å². The number of benzene rings is 2. The molecule has 6 nitrogen and oxygen atoms in total. The highest BCUT2D eigenvalue weighted by molar-refractivity contribution is 7.89. The molecule has 31 heavy (non-hydrogen) atoms. The van der Waals surface area contributed by atoms with Crippen LogP contribution >= 0.6 is 0 Å². The van der Waals surface area contributed by atoms with Crippen LogP contribution in [0.5, 0.6) is 5.75 Å². The molecule has 2 heterocycles. The highest BCUT2D eigenvalue weighted by Crippen LogP contribution is 2.32. The molecule has 0 saturated carbocycles. The highest BCUT2D eigenvalue weighted by atomic mass is 32.2. The Bertz CT molecular complexity index is 1080. The summed E-state index contributed by atoms with van der Waals surface area (Å²) in [4.78, 5) is 14.7. The number of halogens is 3. The number of rotatable bonds is 4. The van der Waals surface area contributed by atoms with Crippen molar-refractivity contribution in [2.24, 2.45) is 0 Å². The number of hydrogen-bond donors (Lipinski definition) is 0. The quantitative estimate of drug-likeness (QED) is 0.702. The van der Waals surface area contributed by atoms with Gasteiger partial charge in [0.15, 0.2) is 0 Å². The van der Waals surface area contributed by atoms with Crippen molar-refractivity contribution in [2.75, 3.05) is 24.5 Å². The van der Waals surface area contributed by atoms with E-state index < -0.39 is 22.1 Å². The Labute approximate surface area is 178 Å². The first kappa shape index (κ1) is 21.6. The maximum atomic E-state index is 13.0. The van der Waals surface area contributed by atoms with Crippen molar-refractivity contribution in [2.45, 2.75) is 36.9 Å². The first-order valence-corrected chi connectivity index (χ1v) is 11.4. The second-order valence-electron chi connectivity index (χ2n) is 7.53. The fourth-order valence-corrected chi connectivity index (χ4v) is 5.55. The maximum absolute atomic E-state index is 13.0. The van der Waals surface area contributed by atoms with Crippen molar-refractivity contribution in [3.05, 3.63) is 53.6 Å². The van der Waals surface area contributed by atoms with E-state index in [1.165, 1.54) is 27.4 Å². The molecular weight excluding hydrogens is 433 g/mol. The molecule has 0 N–H and O–H groups in total. The number of alkyl halides is 3. The Morgan fingerprint density at radius 1 is 0.935 bits per heavy atom. The average molecular weight is 454 g/mol. The van der Waals surface area contributed by atoms with Gasteiger partial charge in [0.05, 0.1) is 4.90 Å². The van der Waals surface area contributed by atoms with Gasteiger partial charge in [-0.2, -0.15) is 4.31 Å². The number of amides is 1. The van der Waals surface area contributed by atoms with Crippen molar-refractivity contribution < 1.29 is 31.1 Å². The topological polar surface area (TPSA) is 66.9 Å². The van der Waals surface area contributed by atoms with Gasteiger partial charge in [0.25, 0.3) is 5.91 Å². The molecule has 10 heteroatoms. The summed E-state index contributed by atoms with van der Waals surface area (Å²) in [5.74, 6) is -0.769. The van der Waals surface area contributed by atoms with Crippen molar-refractivity contribution in [1.29, 1.82) is 0 Å².